The number of imidazole rings is 1. The summed E-state index contributed by atoms with van der Waals surface area (Å²) in [6, 6.07) is 6.14. The van der Waals surface area contributed by atoms with Crippen molar-refractivity contribution in [2.45, 2.75) is 154 Å². The summed E-state index contributed by atoms with van der Waals surface area (Å²) in [7, 11) is -3.97. The van der Waals surface area contributed by atoms with Crippen LogP contribution in [0.5, 0.6) is 6.01 Å². The zero-order chi connectivity index (χ0) is 38.6. The van der Waals surface area contributed by atoms with E-state index in [-0.39, 0.29) is 31.1 Å². The Kier molecular flexibility index (Phi) is 10.4. The summed E-state index contributed by atoms with van der Waals surface area (Å²) in [4.78, 5) is 62.4. The Balaban J connectivity index is 1.36. The number of amides is 3. The van der Waals surface area contributed by atoms with E-state index in [1.165, 1.54) is 4.90 Å². The van der Waals surface area contributed by atoms with Crippen LogP contribution in [-0.2, 0) is 35.7 Å². The third-order valence-corrected chi connectivity index (χ3v) is 13.8. The summed E-state index contributed by atoms with van der Waals surface area (Å²) in [5, 5.41) is 2.76. The standard InChI is InChI=1S/C39H57N5O8S/c1-8-25-22-39(25)23-30(45)29-21-26(24-44(29)32(46)31(36(2,3)4)41-35(48)52-37(5,6)7)51-34-40-27-15-11-12-16-28(27)43(34)20-14-10-9-13-17-38(18-19-38)53(49,50)42-33(39)47/h11-12,15-16,25-26,29,31H,8-10,13-14,17-24H2,1-7H3,(H,41,48)(H,42,47)/t25-,26-,29+,31?,39-/m1/s1. The summed E-state index contributed by atoms with van der Waals surface area (Å²) >= 11 is 0. The zero-order valence-electron chi connectivity index (χ0n) is 32.3. The van der Waals surface area contributed by atoms with Gasteiger partial charge >= 0.3 is 6.09 Å². The molecule has 1 saturated heterocycles. The Labute approximate surface area is 313 Å². The van der Waals surface area contributed by atoms with E-state index in [0.717, 1.165) is 36.7 Å². The number of Topliss-reactive ketones (excluding diaryl/α,β-unsaturated/α-hetero) is 1. The van der Waals surface area contributed by atoms with E-state index in [0.29, 0.717) is 44.7 Å². The van der Waals surface area contributed by atoms with Crippen LogP contribution in [0.2, 0.25) is 0 Å². The van der Waals surface area contributed by atoms with Crippen LogP contribution in [0.3, 0.4) is 0 Å². The highest BCUT2D eigenvalue weighted by molar-refractivity contribution is 7.91. The van der Waals surface area contributed by atoms with Gasteiger partial charge in [0.1, 0.15) is 17.7 Å². The van der Waals surface area contributed by atoms with E-state index >= 15 is 0 Å². The van der Waals surface area contributed by atoms with E-state index in [4.69, 9.17) is 14.5 Å². The van der Waals surface area contributed by atoms with Crippen LogP contribution in [-0.4, -0.2) is 81.6 Å². The number of aryl methyl sites for hydroxylation is 1. The molecule has 1 unspecified atom stereocenters. The average molecular weight is 756 g/mol. The molecule has 3 amide bonds. The number of rotatable bonds is 3. The number of carbonyl (C=O) groups excluding carboxylic acids is 4. The van der Waals surface area contributed by atoms with Gasteiger partial charge in [-0.2, -0.15) is 4.98 Å². The lowest BCUT2D eigenvalue weighted by Gasteiger charge is -2.36. The second-order valence-corrected chi connectivity index (χ2v) is 19.9. The van der Waals surface area contributed by atoms with Crippen molar-refractivity contribution < 1.29 is 37.1 Å². The molecular formula is C39H57N5O8S. The molecule has 2 aromatic rings. The lowest BCUT2D eigenvalue weighted by Crippen LogP contribution is -2.57. The SMILES string of the molecule is CC[C@@H]1C[C@@]12CC(=O)[C@@H]1C[C@H](CN1C(=O)C(NC(=O)OC(C)(C)C)C(C)(C)C)Oc1nc3ccccc3n1CCCCCCC1(CC1)S(=O)(=O)NC2=O. The number of aromatic nitrogens is 2. The summed E-state index contributed by atoms with van der Waals surface area (Å²) in [5.74, 6) is -1.61. The number of hydrogen-bond acceptors (Lipinski definition) is 9. The Morgan fingerprint density at radius 3 is 2.40 bits per heavy atom. The van der Waals surface area contributed by atoms with E-state index in [1.54, 1.807) is 20.8 Å². The van der Waals surface area contributed by atoms with E-state index in [9.17, 15) is 27.6 Å². The molecule has 3 fully saturated rings. The van der Waals surface area contributed by atoms with Gasteiger partial charge in [0.25, 0.3) is 6.01 Å². The molecule has 53 heavy (non-hydrogen) atoms. The van der Waals surface area contributed by atoms with Crippen molar-refractivity contribution in [2.75, 3.05) is 6.54 Å². The number of ether oxygens (including phenoxy) is 2. The zero-order valence-corrected chi connectivity index (χ0v) is 33.1. The highest BCUT2D eigenvalue weighted by atomic mass is 32.2. The first kappa shape index (κ1) is 39.0. The smallest absolute Gasteiger partial charge is 0.408 e. The van der Waals surface area contributed by atoms with Crippen LogP contribution in [0.1, 0.15) is 119 Å². The maximum atomic E-state index is 14.6. The number of nitrogens with one attached hydrogen (secondary N) is 2. The predicted molar refractivity (Wildman–Crippen MR) is 199 cm³/mol. The molecule has 4 aliphatic rings. The molecule has 2 spiro atoms. The molecule has 1 aromatic carbocycles. The van der Waals surface area contributed by atoms with Gasteiger partial charge < -0.3 is 19.7 Å². The van der Waals surface area contributed by atoms with Gasteiger partial charge in [0.2, 0.25) is 21.8 Å². The van der Waals surface area contributed by atoms with Gasteiger partial charge in [-0.15, -0.1) is 0 Å². The molecule has 3 heterocycles. The van der Waals surface area contributed by atoms with Crippen LogP contribution in [0, 0.1) is 16.7 Å². The maximum absolute atomic E-state index is 14.6. The molecule has 0 radical (unpaired) electrons. The number of fused-ring (bicyclic) bond motifs is 5. The van der Waals surface area contributed by atoms with Gasteiger partial charge in [0.15, 0.2) is 5.78 Å². The number of alkyl carbamates (subject to hydrolysis) is 1. The quantitative estimate of drug-likeness (QED) is 0.403. The van der Waals surface area contributed by atoms with Gasteiger partial charge in [-0.05, 0) is 76.3 Å². The van der Waals surface area contributed by atoms with Crippen molar-refractivity contribution in [1.29, 1.82) is 0 Å². The van der Waals surface area contributed by atoms with Crippen molar-refractivity contribution in [3.05, 3.63) is 24.3 Å². The minimum Gasteiger partial charge on any atom is -0.459 e. The summed E-state index contributed by atoms with van der Waals surface area (Å²) in [5.41, 5.74) is -1.07. The number of sulfonamides is 1. The molecule has 14 heteroatoms. The Morgan fingerprint density at radius 1 is 1.06 bits per heavy atom. The lowest BCUT2D eigenvalue weighted by atomic mass is 9.85. The molecule has 6 rings (SSSR count). The number of benzene rings is 1. The van der Waals surface area contributed by atoms with E-state index in [1.807, 2.05) is 56.5 Å². The summed E-state index contributed by atoms with van der Waals surface area (Å²) in [6.07, 6.45) is 4.32. The van der Waals surface area contributed by atoms with Crippen LogP contribution in [0.25, 0.3) is 11.0 Å². The van der Waals surface area contributed by atoms with Crippen LogP contribution >= 0.6 is 0 Å². The topological polar surface area (TPSA) is 166 Å². The minimum atomic E-state index is -3.97. The van der Waals surface area contributed by atoms with Crippen LogP contribution in [0.15, 0.2) is 24.3 Å². The van der Waals surface area contributed by atoms with Gasteiger partial charge in [-0.25, -0.2) is 13.2 Å². The van der Waals surface area contributed by atoms with Crippen LogP contribution in [0.4, 0.5) is 4.79 Å². The third kappa shape index (κ3) is 8.07. The number of likely N-dealkylation sites (tertiary alicyclic amines) is 1. The van der Waals surface area contributed by atoms with Gasteiger partial charge in [0.05, 0.1) is 33.8 Å². The maximum Gasteiger partial charge on any atom is 0.408 e. The minimum absolute atomic E-state index is 0.0499. The van der Waals surface area contributed by atoms with Crippen molar-refractivity contribution >= 4 is 44.7 Å². The molecule has 1 aromatic heterocycles. The molecule has 5 atom stereocenters. The molecule has 2 aliphatic heterocycles. The fourth-order valence-electron chi connectivity index (χ4n) is 8.29. The second kappa shape index (κ2) is 14.2. The Morgan fingerprint density at radius 2 is 1.75 bits per heavy atom. The highest BCUT2D eigenvalue weighted by Crippen LogP contribution is 2.58. The fourth-order valence-corrected chi connectivity index (χ4v) is 10.0. The number of hydrogen-bond donors (Lipinski definition) is 2. The first-order chi connectivity index (χ1) is 24.8. The van der Waals surface area contributed by atoms with Crippen molar-refractivity contribution in [1.82, 2.24) is 24.5 Å². The number of carbonyl (C=O) groups is 4. The normalized spacial score (nSPS) is 28.2. The molecule has 2 bridgehead atoms. The molecule has 292 valence electrons. The fraction of sp³-hybridized carbons (Fsp3) is 0.718. The number of nitrogens with zero attached hydrogens (tertiary/aromatic N) is 3. The second-order valence-electron chi connectivity index (χ2n) is 17.9. The molecule has 13 nitrogen and oxygen atoms in total. The molecule has 2 aliphatic carbocycles. The average Bonchev–Trinajstić information content (AvgIpc) is 3.93. The predicted octanol–water partition coefficient (Wildman–Crippen LogP) is 5.64. The Hall–Kier alpha value is -3.68. The van der Waals surface area contributed by atoms with Crippen molar-refractivity contribution in [3.8, 4) is 6.01 Å². The number of ketones is 1. The first-order valence-electron chi connectivity index (χ1n) is 19.3. The summed E-state index contributed by atoms with van der Waals surface area (Å²) in [6.45, 7) is 13.3. The molecule has 2 saturated carbocycles. The van der Waals surface area contributed by atoms with E-state index < -0.39 is 67.3 Å². The number of para-hydroxylation sites is 2. The molecular weight excluding hydrogens is 699 g/mol. The van der Waals surface area contributed by atoms with Crippen molar-refractivity contribution in [2.24, 2.45) is 16.7 Å². The van der Waals surface area contributed by atoms with Gasteiger partial charge in [-0.3, -0.25) is 23.7 Å². The van der Waals surface area contributed by atoms with Crippen LogP contribution < -0.4 is 14.8 Å². The lowest BCUT2D eigenvalue weighted by molar-refractivity contribution is -0.142. The Bertz CT molecular complexity index is 1860. The summed E-state index contributed by atoms with van der Waals surface area (Å²) < 4.78 is 43.1. The van der Waals surface area contributed by atoms with Gasteiger partial charge in [0, 0.05) is 19.4 Å². The van der Waals surface area contributed by atoms with Crippen molar-refractivity contribution in [3.63, 3.8) is 0 Å². The molecule has 2 N–H and O–H groups in total. The highest BCUT2D eigenvalue weighted by Gasteiger charge is 2.63. The van der Waals surface area contributed by atoms with Gasteiger partial charge in [-0.1, -0.05) is 65.5 Å². The first-order valence-corrected chi connectivity index (χ1v) is 20.8. The third-order valence-electron chi connectivity index (χ3n) is 11.6. The monoisotopic (exact) mass is 755 g/mol. The largest absolute Gasteiger partial charge is 0.459 e. The van der Waals surface area contributed by atoms with E-state index in [2.05, 4.69) is 10.0 Å².